The standard InChI is InChI=1S/C22H20N2OS/c1-3-23-20(26)24-19(25)21(2)12-22-16-11-7-6-10-15(16)17(22)13-8-4-5-9-14(13)18(21)22/h3-11,17-18H,1,12H2,2H3,(H2,23,24,25,26). The maximum atomic E-state index is 13.1. The topological polar surface area (TPSA) is 41.1 Å². The number of amides is 1. The van der Waals surface area contributed by atoms with Crippen LogP contribution in [0.15, 0.2) is 61.3 Å². The quantitative estimate of drug-likeness (QED) is 0.802. The SMILES string of the molecule is C=CNC(=S)NC(=O)C1(C)CC23c4ccccc4C2c2ccccc2C13. The summed E-state index contributed by atoms with van der Waals surface area (Å²) >= 11 is 5.18. The Kier molecular flexibility index (Phi) is 3.06. The monoisotopic (exact) mass is 360 g/mol. The van der Waals surface area contributed by atoms with E-state index < -0.39 is 5.41 Å². The Morgan fingerprint density at radius 2 is 1.81 bits per heavy atom. The highest BCUT2D eigenvalue weighted by atomic mass is 32.1. The van der Waals surface area contributed by atoms with Crippen molar-refractivity contribution in [1.29, 1.82) is 0 Å². The van der Waals surface area contributed by atoms with Gasteiger partial charge >= 0.3 is 0 Å². The molecule has 2 aromatic carbocycles. The number of hydrogen-bond acceptors (Lipinski definition) is 2. The number of hydrogen-bond donors (Lipinski definition) is 2. The average molecular weight is 360 g/mol. The van der Waals surface area contributed by atoms with Crippen LogP contribution >= 0.6 is 12.2 Å². The van der Waals surface area contributed by atoms with Crippen molar-refractivity contribution in [3.63, 3.8) is 0 Å². The third-order valence-corrected chi connectivity index (χ3v) is 6.92. The van der Waals surface area contributed by atoms with Gasteiger partial charge in [0.15, 0.2) is 5.11 Å². The van der Waals surface area contributed by atoms with Gasteiger partial charge in [-0.25, -0.2) is 0 Å². The van der Waals surface area contributed by atoms with Gasteiger partial charge in [0.25, 0.3) is 0 Å². The zero-order chi connectivity index (χ0) is 18.1. The molecular formula is C22H20N2OS. The van der Waals surface area contributed by atoms with Crippen molar-refractivity contribution in [2.75, 3.05) is 0 Å². The van der Waals surface area contributed by atoms with Gasteiger partial charge in [-0.3, -0.25) is 4.79 Å². The van der Waals surface area contributed by atoms with E-state index in [0.29, 0.717) is 11.0 Å². The molecule has 4 unspecified atom stereocenters. The number of carbonyl (C=O) groups excluding carboxylic acids is 1. The summed E-state index contributed by atoms with van der Waals surface area (Å²) in [5.74, 6) is 0.601. The van der Waals surface area contributed by atoms with Crippen LogP contribution in [0.1, 0.15) is 47.4 Å². The molecule has 1 fully saturated rings. The van der Waals surface area contributed by atoms with Crippen LogP contribution in [0.2, 0.25) is 0 Å². The van der Waals surface area contributed by atoms with E-state index in [0.717, 1.165) is 6.42 Å². The molecule has 3 aliphatic rings. The van der Waals surface area contributed by atoms with Crippen molar-refractivity contribution in [1.82, 2.24) is 10.6 Å². The second-order valence-electron chi connectivity index (χ2n) is 7.85. The molecule has 0 bridgehead atoms. The normalized spacial score (nSPS) is 31.9. The highest BCUT2D eigenvalue weighted by molar-refractivity contribution is 7.80. The van der Waals surface area contributed by atoms with Gasteiger partial charge in [-0.1, -0.05) is 62.0 Å². The Bertz CT molecular complexity index is 984. The van der Waals surface area contributed by atoms with E-state index in [2.05, 4.69) is 72.7 Å². The molecule has 0 heterocycles. The number of benzene rings is 2. The molecule has 2 aromatic rings. The molecule has 1 amide bonds. The van der Waals surface area contributed by atoms with Crippen molar-refractivity contribution in [3.8, 4) is 0 Å². The van der Waals surface area contributed by atoms with Gasteiger partial charge in [-0.15, -0.1) is 0 Å². The lowest BCUT2D eigenvalue weighted by Crippen LogP contribution is -2.65. The van der Waals surface area contributed by atoms with Crippen molar-refractivity contribution < 1.29 is 4.79 Å². The minimum Gasteiger partial charge on any atom is -0.340 e. The molecule has 5 rings (SSSR count). The van der Waals surface area contributed by atoms with Crippen LogP contribution in [0.4, 0.5) is 0 Å². The van der Waals surface area contributed by atoms with Crippen LogP contribution < -0.4 is 10.6 Å². The first kappa shape index (κ1) is 15.8. The van der Waals surface area contributed by atoms with Gasteiger partial charge in [0, 0.05) is 17.3 Å². The van der Waals surface area contributed by atoms with Gasteiger partial charge in [-0.05, 0) is 47.1 Å². The summed E-state index contributed by atoms with van der Waals surface area (Å²) in [6.07, 6.45) is 2.33. The van der Waals surface area contributed by atoms with Gasteiger partial charge in [0.2, 0.25) is 5.91 Å². The smallest absolute Gasteiger partial charge is 0.232 e. The minimum absolute atomic E-state index is 0.00712. The fraction of sp³-hybridized carbons (Fsp3) is 0.273. The number of thiocarbonyl (C=S) groups is 1. The number of fused-ring (bicyclic) bond motifs is 5. The molecule has 0 saturated heterocycles. The molecule has 0 aromatic heterocycles. The van der Waals surface area contributed by atoms with Crippen molar-refractivity contribution in [2.45, 2.75) is 30.6 Å². The van der Waals surface area contributed by atoms with Crippen LogP contribution in [0, 0.1) is 5.41 Å². The van der Waals surface area contributed by atoms with Crippen LogP contribution in [0.5, 0.6) is 0 Å². The first-order valence-electron chi connectivity index (χ1n) is 8.95. The molecule has 2 N–H and O–H groups in total. The molecule has 4 atom stereocenters. The molecular weight excluding hydrogens is 340 g/mol. The molecule has 3 nitrogen and oxygen atoms in total. The second kappa shape index (κ2) is 5.04. The molecule has 3 aliphatic carbocycles. The molecule has 1 saturated carbocycles. The number of nitrogens with one attached hydrogen (secondary N) is 2. The van der Waals surface area contributed by atoms with Crippen LogP contribution in [0.25, 0.3) is 0 Å². The Balaban J connectivity index is 1.59. The fourth-order valence-corrected chi connectivity index (χ4v) is 6.16. The summed E-state index contributed by atoms with van der Waals surface area (Å²) in [5, 5.41) is 5.95. The predicted molar refractivity (Wildman–Crippen MR) is 106 cm³/mol. The van der Waals surface area contributed by atoms with Crippen LogP contribution in [-0.4, -0.2) is 11.0 Å². The predicted octanol–water partition coefficient (Wildman–Crippen LogP) is 3.71. The average Bonchev–Trinajstić information content (AvgIpc) is 2.81. The molecule has 4 heteroatoms. The van der Waals surface area contributed by atoms with E-state index in [4.69, 9.17) is 12.2 Å². The maximum Gasteiger partial charge on any atom is 0.232 e. The summed E-state index contributed by atoms with van der Waals surface area (Å²) in [6, 6.07) is 17.3. The van der Waals surface area contributed by atoms with Gasteiger partial charge in [-0.2, -0.15) is 0 Å². The second-order valence-corrected chi connectivity index (χ2v) is 8.26. The van der Waals surface area contributed by atoms with Crippen LogP contribution in [-0.2, 0) is 10.2 Å². The van der Waals surface area contributed by atoms with Crippen LogP contribution in [0.3, 0.4) is 0 Å². The molecule has 1 spiro atoms. The summed E-state index contributed by atoms with van der Waals surface area (Å²) < 4.78 is 0. The molecule has 0 aliphatic heterocycles. The first-order valence-corrected chi connectivity index (χ1v) is 9.36. The Labute approximate surface area is 158 Å². The lowest BCUT2D eigenvalue weighted by molar-refractivity contribution is -0.142. The zero-order valence-corrected chi connectivity index (χ0v) is 15.4. The zero-order valence-electron chi connectivity index (χ0n) is 14.6. The largest absolute Gasteiger partial charge is 0.340 e. The van der Waals surface area contributed by atoms with Crippen molar-refractivity contribution in [2.24, 2.45) is 5.41 Å². The molecule has 0 radical (unpaired) electrons. The molecule has 26 heavy (non-hydrogen) atoms. The number of rotatable bonds is 2. The van der Waals surface area contributed by atoms with Gasteiger partial charge in [0.05, 0.1) is 5.41 Å². The van der Waals surface area contributed by atoms with Gasteiger partial charge in [0.1, 0.15) is 0 Å². The van der Waals surface area contributed by atoms with Gasteiger partial charge < -0.3 is 10.6 Å². The van der Waals surface area contributed by atoms with E-state index >= 15 is 0 Å². The van der Waals surface area contributed by atoms with Crippen molar-refractivity contribution >= 4 is 23.2 Å². The third-order valence-electron chi connectivity index (χ3n) is 6.70. The highest BCUT2D eigenvalue weighted by Gasteiger charge is 2.76. The summed E-state index contributed by atoms with van der Waals surface area (Å²) in [4.78, 5) is 13.1. The van der Waals surface area contributed by atoms with E-state index in [-0.39, 0.29) is 17.2 Å². The fourth-order valence-electron chi connectivity index (χ4n) is 5.98. The summed E-state index contributed by atoms with van der Waals surface area (Å²) in [5.41, 5.74) is 5.15. The molecule has 130 valence electrons. The number of carbonyl (C=O) groups is 1. The lowest BCUT2D eigenvalue weighted by Gasteiger charge is -2.65. The summed E-state index contributed by atoms with van der Waals surface area (Å²) in [6.45, 7) is 5.67. The summed E-state index contributed by atoms with van der Waals surface area (Å²) in [7, 11) is 0. The Morgan fingerprint density at radius 3 is 2.54 bits per heavy atom. The highest BCUT2D eigenvalue weighted by Crippen LogP contribution is 2.80. The van der Waals surface area contributed by atoms with E-state index in [9.17, 15) is 4.79 Å². The van der Waals surface area contributed by atoms with E-state index in [1.807, 2.05) is 0 Å². The lowest BCUT2D eigenvalue weighted by atomic mass is 9.36. The van der Waals surface area contributed by atoms with E-state index in [1.165, 1.54) is 28.5 Å². The van der Waals surface area contributed by atoms with Crippen molar-refractivity contribution in [3.05, 3.63) is 83.6 Å². The Hall–Kier alpha value is -2.46. The maximum absolute atomic E-state index is 13.1. The minimum atomic E-state index is -0.467. The van der Waals surface area contributed by atoms with E-state index in [1.54, 1.807) is 0 Å². The third kappa shape index (κ3) is 1.64. The first-order chi connectivity index (χ1) is 12.5. The Morgan fingerprint density at radius 1 is 1.15 bits per heavy atom.